The molecule has 0 saturated heterocycles. The highest BCUT2D eigenvalue weighted by atomic mass is 16.5. The van der Waals surface area contributed by atoms with Gasteiger partial charge in [-0.05, 0) is 25.7 Å². The number of esters is 1. The predicted octanol–water partition coefficient (Wildman–Crippen LogP) is 1.61. The van der Waals surface area contributed by atoms with Gasteiger partial charge in [0.1, 0.15) is 6.04 Å². The average Bonchev–Trinajstić information content (AvgIpc) is 2.44. The molecule has 0 radical (unpaired) electrons. The minimum Gasteiger partial charge on any atom is -0.468 e. The van der Waals surface area contributed by atoms with Gasteiger partial charge in [-0.25, -0.2) is 0 Å². The maximum absolute atomic E-state index is 12.2. The van der Waals surface area contributed by atoms with Crippen LogP contribution in [-0.4, -0.2) is 37.1 Å². The van der Waals surface area contributed by atoms with Crippen molar-refractivity contribution in [2.24, 2.45) is 5.92 Å². The molecular formula is C15H28N2O3. The van der Waals surface area contributed by atoms with E-state index >= 15 is 0 Å². The van der Waals surface area contributed by atoms with Crippen LogP contribution in [0.4, 0.5) is 0 Å². The third-order valence-electron chi connectivity index (χ3n) is 3.90. The van der Waals surface area contributed by atoms with Crippen LogP contribution in [0.5, 0.6) is 0 Å². The van der Waals surface area contributed by atoms with Gasteiger partial charge in [-0.2, -0.15) is 0 Å². The van der Waals surface area contributed by atoms with Crippen molar-refractivity contribution in [2.75, 3.05) is 7.11 Å². The molecule has 0 heterocycles. The predicted molar refractivity (Wildman–Crippen MR) is 78.3 cm³/mol. The number of hydrogen-bond donors (Lipinski definition) is 2. The Morgan fingerprint density at radius 1 is 1.10 bits per heavy atom. The van der Waals surface area contributed by atoms with Crippen molar-refractivity contribution in [1.29, 1.82) is 0 Å². The van der Waals surface area contributed by atoms with E-state index in [1.165, 1.54) is 26.4 Å². The summed E-state index contributed by atoms with van der Waals surface area (Å²) in [5.41, 5.74) is 0. The molecule has 5 heteroatoms. The van der Waals surface area contributed by atoms with Crippen LogP contribution in [0.3, 0.4) is 0 Å². The van der Waals surface area contributed by atoms with Gasteiger partial charge in [0.15, 0.2) is 0 Å². The van der Waals surface area contributed by atoms with Gasteiger partial charge < -0.3 is 10.1 Å². The molecule has 116 valence electrons. The molecule has 1 rings (SSSR count). The molecule has 0 aromatic heterocycles. The Morgan fingerprint density at radius 2 is 1.70 bits per heavy atom. The van der Waals surface area contributed by atoms with E-state index in [1.807, 2.05) is 13.8 Å². The molecule has 0 aromatic rings. The van der Waals surface area contributed by atoms with Crippen LogP contribution >= 0.6 is 0 Å². The number of carbonyl (C=O) groups is 2. The van der Waals surface area contributed by atoms with Crippen LogP contribution in [0.25, 0.3) is 0 Å². The number of methoxy groups -OCH3 is 1. The van der Waals surface area contributed by atoms with Crippen molar-refractivity contribution < 1.29 is 14.3 Å². The zero-order valence-electron chi connectivity index (χ0n) is 13.1. The third kappa shape index (κ3) is 5.12. The Kier molecular flexibility index (Phi) is 6.99. The number of hydrogen-bond acceptors (Lipinski definition) is 4. The van der Waals surface area contributed by atoms with Gasteiger partial charge >= 0.3 is 5.97 Å². The first-order chi connectivity index (χ1) is 9.45. The minimum absolute atomic E-state index is 0.0357. The molecule has 2 unspecified atom stereocenters. The Balaban J connectivity index is 2.48. The maximum Gasteiger partial charge on any atom is 0.323 e. The molecule has 1 fully saturated rings. The van der Waals surface area contributed by atoms with Gasteiger partial charge in [-0.1, -0.05) is 33.1 Å². The molecule has 0 aliphatic heterocycles. The second kappa shape index (κ2) is 8.25. The van der Waals surface area contributed by atoms with Crippen LogP contribution in [0.2, 0.25) is 0 Å². The zero-order chi connectivity index (χ0) is 15.1. The van der Waals surface area contributed by atoms with Gasteiger partial charge in [0.25, 0.3) is 0 Å². The van der Waals surface area contributed by atoms with Gasteiger partial charge in [0, 0.05) is 6.04 Å². The molecule has 5 nitrogen and oxygen atoms in total. The van der Waals surface area contributed by atoms with E-state index in [-0.39, 0.29) is 23.8 Å². The zero-order valence-corrected chi connectivity index (χ0v) is 13.1. The van der Waals surface area contributed by atoms with Crippen LogP contribution in [0.15, 0.2) is 0 Å². The smallest absolute Gasteiger partial charge is 0.323 e. The molecule has 2 N–H and O–H groups in total. The van der Waals surface area contributed by atoms with E-state index in [0.717, 1.165) is 12.8 Å². The highest BCUT2D eigenvalue weighted by Crippen LogP contribution is 2.17. The summed E-state index contributed by atoms with van der Waals surface area (Å²) in [6.07, 6.45) is 5.75. The summed E-state index contributed by atoms with van der Waals surface area (Å²) < 4.78 is 4.77. The average molecular weight is 284 g/mol. The van der Waals surface area contributed by atoms with Gasteiger partial charge in [-0.3, -0.25) is 14.9 Å². The topological polar surface area (TPSA) is 67.4 Å². The molecule has 2 atom stereocenters. The van der Waals surface area contributed by atoms with Crippen molar-refractivity contribution in [1.82, 2.24) is 10.6 Å². The van der Waals surface area contributed by atoms with E-state index in [2.05, 4.69) is 10.6 Å². The summed E-state index contributed by atoms with van der Waals surface area (Å²) in [6.45, 7) is 5.65. The molecule has 1 aliphatic rings. The quantitative estimate of drug-likeness (QED) is 0.727. The summed E-state index contributed by atoms with van der Waals surface area (Å²) in [5.74, 6) is -0.281. The second-order valence-corrected chi connectivity index (χ2v) is 5.98. The number of carbonyl (C=O) groups excluding carboxylic acids is 2. The number of rotatable bonds is 6. The molecule has 0 spiro atoms. The SMILES string of the molecule is COC(=O)C(NC(C)C(=O)NC1CCCCC1)C(C)C. The Morgan fingerprint density at radius 3 is 2.20 bits per heavy atom. The lowest BCUT2D eigenvalue weighted by Crippen LogP contribution is -2.53. The lowest BCUT2D eigenvalue weighted by Gasteiger charge is -2.27. The van der Waals surface area contributed by atoms with Gasteiger partial charge in [0.05, 0.1) is 13.2 Å². The summed E-state index contributed by atoms with van der Waals surface area (Å²) in [6, 6.07) is -0.563. The summed E-state index contributed by atoms with van der Waals surface area (Å²) in [4.78, 5) is 23.8. The Bertz CT molecular complexity index is 325. The second-order valence-electron chi connectivity index (χ2n) is 5.98. The fraction of sp³-hybridized carbons (Fsp3) is 0.867. The van der Waals surface area contributed by atoms with Crippen molar-refractivity contribution >= 4 is 11.9 Å². The van der Waals surface area contributed by atoms with Crippen LogP contribution in [0, 0.1) is 5.92 Å². The number of nitrogens with one attached hydrogen (secondary N) is 2. The van der Waals surface area contributed by atoms with E-state index in [1.54, 1.807) is 6.92 Å². The largest absolute Gasteiger partial charge is 0.468 e. The van der Waals surface area contributed by atoms with Crippen molar-refractivity contribution in [3.05, 3.63) is 0 Å². The normalized spacial score (nSPS) is 19.4. The fourth-order valence-corrected chi connectivity index (χ4v) is 2.58. The first-order valence-corrected chi connectivity index (χ1v) is 7.60. The van der Waals surface area contributed by atoms with Crippen LogP contribution < -0.4 is 10.6 Å². The fourth-order valence-electron chi connectivity index (χ4n) is 2.58. The van der Waals surface area contributed by atoms with Crippen molar-refractivity contribution in [3.63, 3.8) is 0 Å². The van der Waals surface area contributed by atoms with Crippen molar-refractivity contribution in [2.45, 2.75) is 71.0 Å². The molecule has 0 bridgehead atoms. The van der Waals surface area contributed by atoms with Gasteiger partial charge in [0.2, 0.25) is 5.91 Å². The molecule has 0 aromatic carbocycles. The van der Waals surface area contributed by atoms with Crippen LogP contribution in [0.1, 0.15) is 52.9 Å². The van der Waals surface area contributed by atoms with E-state index in [9.17, 15) is 9.59 Å². The first-order valence-electron chi connectivity index (χ1n) is 7.60. The summed E-state index contributed by atoms with van der Waals surface area (Å²) in [7, 11) is 1.37. The Labute approximate surface area is 121 Å². The minimum atomic E-state index is -0.452. The van der Waals surface area contributed by atoms with E-state index in [4.69, 9.17) is 4.74 Å². The first kappa shape index (κ1) is 17.0. The molecular weight excluding hydrogens is 256 g/mol. The monoisotopic (exact) mass is 284 g/mol. The summed E-state index contributed by atoms with van der Waals surface area (Å²) in [5, 5.41) is 6.14. The molecule has 20 heavy (non-hydrogen) atoms. The maximum atomic E-state index is 12.2. The number of amides is 1. The number of ether oxygens (including phenoxy) is 1. The summed E-state index contributed by atoms with van der Waals surface area (Å²) >= 11 is 0. The van der Waals surface area contributed by atoms with Gasteiger partial charge in [-0.15, -0.1) is 0 Å². The Hall–Kier alpha value is -1.10. The van der Waals surface area contributed by atoms with Crippen LogP contribution in [-0.2, 0) is 14.3 Å². The highest BCUT2D eigenvalue weighted by Gasteiger charge is 2.27. The molecule has 1 amide bonds. The molecule has 1 saturated carbocycles. The molecule has 1 aliphatic carbocycles. The third-order valence-corrected chi connectivity index (χ3v) is 3.90. The standard InChI is InChI=1S/C15H28N2O3/c1-10(2)13(15(19)20-4)16-11(3)14(18)17-12-8-6-5-7-9-12/h10-13,16H,5-9H2,1-4H3,(H,17,18). The van der Waals surface area contributed by atoms with E-state index < -0.39 is 12.1 Å². The highest BCUT2D eigenvalue weighted by molar-refractivity contribution is 5.83. The van der Waals surface area contributed by atoms with E-state index in [0.29, 0.717) is 0 Å². The lowest BCUT2D eigenvalue weighted by molar-refractivity contribution is -0.144. The van der Waals surface area contributed by atoms with Crippen molar-refractivity contribution in [3.8, 4) is 0 Å². The lowest BCUT2D eigenvalue weighted by atomic mass is 9.95.